The first-order valence-electron chi connectivity index (χ1n) is 11.3. The number of amides is 1. The van der Waals surface area contributed by atoms with Crippen molar-refractivity contribution in [3.8, 4) is 11.1 Å². The Morgan fingerprint density at radius 1 is 1.21 bits per heavy atom. The smallest absolute Gasteiger partial charge is 0.413 e. The van der Waals surface area contributed by atoms with Gasteiger partial charge >= 0.3 is 6.09 Å². The van der Waals surface area contributed by atoms with Crippen molar-refractivity contribution in [1.82, 2.24) is 9.97 Å². The molecule has 0 radical (unpaired) electrons. The molecule has 1 fully saturated rings. The van der Waals surface area contributed by atoms with Gasteiger partial charge in [-0.15, -0.1) is 0 Å². The van der Waals surface area contributed by atoms with Crippen LogP contribution in [0.5, 0.6) is 0 Å². The van der Waals surface area contributed by atoms with Crippen LogP contribution in [0.4, 0.5) is 26.4 Å². The summed E-state index contributed by atoms with van der Waals surface area (Å²) in [7, 11) is 0. The average molecular weight is 468 g/mol. The van der Waals surface area contributed by atoms with E-state index < -0.39 is 18.0 Å². The van der Waals surface area contributed by atoms with Crippen molar-refractivity contribution >= 4 is 34.1 Å². The lowest BCUT2D eigenvalue weighted by Gasteiger charge is -2.31. The number of nitrogen functional groups attached to an aromatic ring is 1. The minimum Gasteiger partial charge on any atom is -0.465 e. The van der Waals surface area contributed by atoms with E-state index in [9.17, 15) is 15.0 Å². The summed E-state index contributed by atoms with van der Waals surface area (Å²) in [5, 5.41) is 24.4. The second-order valence-electron chi connectivity index (χ2n) is 8.70. The molecule has 9 nitrogen and oxygen atoms in total. The van der Waals surface area contributed by atoms with Crippen molar-refractivity contribution in [2.45, 2.75) is 38.3 Å². The van der Waals surface area contributed by atoms with Crippen molar-refractivity contribution in [3.63, 3.8) is 0 Å². The van der Waals surface area contributed by atoms with Gasteiger partial charge in [0.15, 0.2) is 5.82 Å². The van der Waals surface area contributed by atoms with Crippen LogP contribution in [0, 0.1) is 12.7 Å². The van der Waals surface area contributed by atoms with Gasteiger partial charge in [-0.3, -0.25) is 9.88 Å². The molecule has 0 saturated carbocycles. The molecule has 1 atom stereocenters. The number of aromatic nitrogens is 2. The Hall–Kier alpha value is -3.50. The van der Waals surface area contributed by atoms with E-state index in [1.165, 1.54) is 11.1 Å². The van der Waals surface area contributed by atoms with Crippen molar-refractivity contribution in [3.05, 3.63) is 41.6 Å². The van der Waals surface area contributed by atoms with Crippen LogP contribution in [0.3, 0.4) is 0 Å². The van der Waals surface area contributed by atoms with Gasteiger partial charge in [-0.2, -0.15) is 0 Å². The molecule has 34 heavy (non-hydrogen) atoms. The van der Waals surface area contributed by atoms with E-state index in [1.54, 1.807) is 18.3 Å². The van der Waals surface area contributed by atoms with Gasteiger partial charge in [-0.05, 0) is 49.3 Å². The molecule has 0 spiro atoms. The van der Waals surface area contributed by atoms with Crippen LogP contribution in [0.1, 0.15) is 36.6 Å². The molecule has 3 aromatic rings. The number of halogens is 1. The molecule has 178 valence electrons. The molecule has 1 amide bonds. The van der Waals surface area contributed by atoms with E-state index in [0.717, 1.165) is 5.56 Å². The number of aliphatic hydroxyl groups is 1. The number of carboxylic acid groups (broad SMARTS) is 1. The molecule has 1 saturated heterocycles. The first-order valence-corrected chi connectivity index (χ1v) is 11.3. The Morgan fingerprint density at radius 3 is 2.71 bits per heavy atom. The SMILES string of the molecule is Cc1c(-c2cc3cc(N(C(=O)O)C4CCOCC4)ncc3c(N)c2F)cnc2c1NCCC2O. The zero-order valence-electron chi connectivity index (χ0n) is 18.7. The monoisotopic (exact) mass is 467 g/mol. The second-order valence-corrected chi connectivity index (χ2v) is 8.70. The number of nitrogens with two attached hydrogens (primary N) is 1. The molecule has 5 N–H and O–H groups in total. The van der Waals surface area contributed by atoms with Crippen LogP contribution >= 0.6 is 0 Å². The molecule has 0 aliphatic carbocycles. The normalized spacial score (nSPS) is 18.4. The Bertz CT molecular complexity index is 1280. The predicted octanol–water partition coefficient (Wildman–Crippen LogP) is 3.84. The molecule has 2 aromatic heterocycles. The van der Waals surface area contributed by atoms with E-state index in [4.69, 9.17) is 10.5 Å². The number of anilines is 3. The Kier molecular flexibility index (Phi) is 5.70. The fourth-order valence-corrected chi connectivity index (χ4v) is 4.84. The van der Waals surface area contributed by atoms with E-state index in [2.05, 4.69) is 15.3 Å². The maximum Gasteiger partial charge on any atom is 0.413 e. The first-order chi connectivity index (χ1) is 16.4. The number of aliphatic hydroxyl groups excluding tert-OH is 1. The molecule has 0 bridgehead atoms. The third kappa shape index (κ3) is 3.68. The molecule has 2 aliphatic rings. The maximum atomic E-state index is 15.4. The minimum atomic E-state index is -1.10. The van der Waals surface area contributed by atoms with Crippen LogP contribution in [0.2, 0.25) is 0 Å². The molecule has 1 unspecified atom stereocenters. The van der Waals surface area contributed by atoms with Gasteiger partial charge < -0.3 is 26.0 Å². The van der Waals surface area contributed by atoms with E-state index >= 15 is 4.39 Å². The summed E-state index contributed by atoms with van der Waals surface area (Å²) < 4.78 is 20.8. The molecular formula is C24H26FN5O4. The standard InChI is InChI=1S/C24H26FN5O4/c1-12-16(10-29-23-18(31)2-5-27-22(12)23)15-8-13-9-19(28-11-17(13)21(26)20(15)25)30(24(32)33)14-3-6-34-7-4-14/h8-11,14,18,27,31H,2-7,26H2,1H3,(H,32,33). The van der Waals surface area contributed by atoms with Crippen LogP contribution in [-0.4, -0.2) is 52.1 Å². The van der Waals surface area contributed by atoms with Crippen molar-refractivity contribution in [1.29, 1.82) is 0 Å². The summed E-state index contributed by atoms with van der Waals surface area (Å²) >= 11 is 0. The number of rotatable bonds is 3. The Balaban J connectivity index is 1.63. The second kappa shape index (κ2) is 8.69. The van der Waals surface area contributed by atoms with Gasteiger partial charge in [0.1, 0.15) is 5.82 Å². The predicted molar refractivity (Wildman–Crippen MR) is 126 cm³/mol. The fraction of sp³-hybridized carbons (Fsp3) is 0.375. The number of nitrogens with zero attached hydrogens (tertiary/aromatic N) is 3. The Labute approximate surface area is 195 Å². The van der Waals surface area contributed by atoms with E-state index in [-0.39, 0.29) is 23.1 Å². The van der Waals surface area contributed by atoms with Crippen LogP contribution in [-0.2, 0) is 4.74 Å². The quantitative estimate of drug-likeness (QED) is 0.427. The van der Waals surface area contributed by atoms with E-state index in [1.807, 2.05) is 6.92 Å². The Morgan fingerprint density at radius 2 is 1.97 bits per heavy atom. The van der Waals surface area contributed by atoms with Crippen LogP contribution < -0.4 is 16.0 Å². The largest absolute Gasteiger partial charge is 0.465 e. The zero-order chi connectivity index (χ0) is 24.0. The van der Waals surface area contributed by atoms with E-state index in [0.29, 0.717) is 66.7 Å². The lowest BCUT2D eigenvalue weighted by Crippen LogP contribution is -2.43. The number of hydrogen-bond donors (Lipinski definition) is 4. The number of hydrogen-bond acceptors (Lipinski definition) is 7. The minimum absolute atomic E-state index is 0.0652. The topological polar surface area (TPSA) is 134 Å². The molecule has 2 aliphatic heterocycles. The highest BCUT2D eigenvalue weighted by Crippen LogP contribution is 2.40. The van der Waals surface area contributed by atoms with Gasteiger partial charge in [-0.25, -0.2) is 14.2 Å². The summed E-state index contributed by atoms with van der Waals surface area (Å²) in [5.74, 6) is -0.336. The summed E-state index contributed by atoms with van der Waals surface area (Å²) in [6, 6.07) is 3.02. The lowest BCUT2D eigenvalue weighted by molar-refractivity contribution is 0.0836. The zero-order valence-corrected chi connectivity index (χ0v) is 18.7. The van der Waals surface area contributed by atoms with Crippen molar-refractivity contribution < 1.29 is 24.1 Å². The molecule has 1 aromatic carbocycles. The van der Waals surface area contributed by atoms with Gasteiger partial charge in [0.05, 0.1) is 23.2 Å². The summed E-state index contributed by atoms with van der Waals surface area (Å²) in [6.45, 7) is 3.40. The lowest BCUT2D eigenvalue weighted by atomic mass is 9.94. The van der Waals surface area contributed by atoms with Gasteiger partial charge in [0, 0.05) is 54.7 Å². The highest BCUT2D eigenvalue weighted by Gasteiger charge is 2.29. The average Bonchev–Trinajstić information content (AvgIpc) is 2.83. The number of pyridine rings is 2. The fourth-order valence-electron chi connectivity index (χ4n) is 4.84. The summed E-state index contributed by atoms with van der Waals surface area (Å²) in [4.78, 5) is 22.0. The van der Waals surface area contributed by atoms with Crippen LogP contribution in [0.15, 0.2) is 24.5 Å². The highest BCUT2D eigenvalue weighted by molar-refractivity contribution is 5.99. The number of fused-ring (bicyclic) bond motifs is 2. The first kappa shape index (κ1) is 22.3. The molecule has 10 heteroatoms. The molecular weight excluding hydrogens is 441 g/mol. The molecule has 5 rings (SSSR count). The third-order valence-corrected chi connectivity index (χ3v) is 6.69. The van der Waals surface area contributed by atoms with Gasteiger partial charge in [0.2, 0.25) is 0 Å². The number of carbonyl (C=O) groups is 1. The maximum absolute atomic E-state index is 15.4. The number of ether oxygens (including phenoxy) is 1. The van der Waals surface area contributed by atoms with Crippen molar-refractivity contribution in [2.24, 2.45) is 0 Å². The highest BCUT2D eigenvalue weighted by atomic mass is 19.1. The third-order valence-electron chi connectivity index (χ3n) is 6.69. The summed E-state index contributed by atoms with van der Waals surface area (Å²) in [5.41, 5.74) is 8.89. The van der Waals surface area contributed by atoms with Gasteiger partial charge in [0.25, 0.3) is 0 Å². The van der Waals surface area contributed by atoms with Crippen molar-refractivity contribution in [2.75, 3.05) is 35.7 Å². The van der Waals surface area contributed by atoms with Gasteiger partial charge in [-0.1, -0.05) is 0 Å². The number of benzene rings is 1. The summed E-state index contributed by atoms with van der Waals surface area (Å²) in [6.07, 6.45) is 2.88. The number of nitrogens with one attached hydrogen (secondary N) is 1. The van der Waals surface area contributed by atoms with Crippen LogP contribution in [0.25, 0.3) is 21.9 Å². The molecule has 4 heterocycles.